The summed E-state index contributed by atoms with van der Waals surface area (Å²) < 4.78 is 0. The fourth-order valence-electron chi connectivity index (χ4n) is 1.30. The van der Waals surface area contributed by atoms with Gasteiger partial charge in [-0.15, -0.1) is 0 Å². The quantitative estimate of drug-likeness (QED) is 0.760. The summed E-state index contributed by atoms with van der Waals surface area (Å²) in [7, 11) is 0. The van der Waals surface area contributed by atoms with Crippen molar-refractivity contribution in [2.45, 2.75) is 26.2 Å². The summed E-state index contributed by atoms with van der Waals surface area (Å²) in [5, 5.41) is 8.98. The Balaban J connectivity index is 3.08. The molecule has 1 aromatic carbocycles. The van der Waals surface area contributed by atoms with E-state index in [4.69, 9.17) is 5.11 Å². The molecule has 0 aliphatic heterocycles. The molecule has 0 bridgehead atoms. The van der Waals surface area contributed by atoms with Crippen LogP contribution in [-0.4, -0.2) is 11.7 Å². The third-order valence-corrected chi connectivity index (χ3v) is 2.33. The third-order valence-electron chi connectivity index (χ3n) is 2.33. The number of benzene rings is 1. The van der Waals surface area contributed by atoms with E-state index in [0.29, 0.717) is 0 Å². The van der Waals surface area contributed by atoms with Gasteiger partial charge in [0.1, 0.15) is 0 Å². The van der Waals surface area contributed by atoms with E-state index in [1.807, 2.05) is 12.1 Å². The molecule has 0 spiro atoms. The van der Waals surface area contributed by atoms with Gasteiger partial charge in [-0.1, -0.05) is 51.6 Å². The minimum absolute atomic E-state index is 0.0214. The summed E-state index contributed by atoms with van der Waals surface area (Å²) in [6.07, 6.45) is 0. The highest BCUT2D eigenvalue weighted by Crippen LogP contribution is 2.24. The lowest BCUT2D eigenvalue weighted by Crippen LogP contribution is -2.11. The maximum Gasteiger partial charge on any atom is 0.0681 e. The van der Waals surface area contributed by atoms with Crippen molar-refractivity contribution in [3.05, 3.63) is 42.0 Å². The van der Waals surface area contributed by atoms with Crippen LogP contribution in [0.4, 0.5) is 0 Å². The van der Waals surface area contributed by atoms with Gasteiger partial charge in [0.25, 0.3) is 0 Å². The van der Waals surface area contributed by atoms with Crippen molar-refractivity contribution in [1.29, 1.82) is 0 Å². The van der Waals surface area contributed by atoms with E-state index in [9.17, 15) is 0 Å². The second kappa shape index (κ2) is 3.97. The number of hydrogen-bond acceptors (Lipinski definition) is 1. The molecule has 1 rings (SSSR count). The Morgan fingerprint density at radius 1 is 1.36 bits per heavy atom. The molecule has 76 valence electrons. The molecule has 0 fully saturated rings. The van der Waals surface area contributed by atoms with Crippen molar-refractivity contribution in [2.75, 3.05) is 6.61 Å². The Hall–Kier alpha value is -1.08. The molecule has 1 nitrogen and oxygen atoms in total. The zero-order valence-electron chi connectivity index (χ0n) is 9.17. The fourth-order valence-corrected chi connectivity index (χ4v) is 1.30. The molecular weight excluding hydrogens is 172 g/mol. The van der Waals surface area contributed by atoms with E-state index in [2.05, 4.69) is 39.5 Å². The second-order valence-corrected chi connectivity index (χ2v) is 4.59. The minimum atomic E-state index is 0.0214. The number of hydrogen-bond donors (Lipinski definition) is 1. The lowest BCUT2D eigenvalue weighted by Gasteiger charge is -2.19. The molecule has 1 aromatic rings. The van der Waals surface area contributed by atoms with Crippen LogP contribution in [0.3, 0.4) is 0 Å². The standard InChI is InChI=1S/C13H18O/c1-10(9-14)11-6-5-7-12(8-11)13(2,3)4/h5-8,14H,1,9H2,2-4H3. The van der Waals surface area contributed by atoms with Crippen LogP contribution in [0.1, 0.15) is 31.9 Å². The number of aliphatic hydroxyl groups excluding tert-OH is 1. The van der Waals surface area contributed by atoms with Crippen LogP contribution in [-0.2, 0) is 5.41 Å². The molecule has 0 amide bonds. The number of rotatable bonds is 2. The Labute approximate surface area is 86.1 Å². The van der Waals surface area contributed by atoms with Crippen LogP contribution in [0.15, 0.2) is 30.8 Å². The normalized spacial score (nSPS) is 11.4. The van der Waals surface area contributed by atoms with Gasteiger partial charge in [-0.2, -0.15) is 0 Å². The van der Waals surface area contributed by atoms with E-state index in [0.717, 1.165) is 11.1 Å². The van der Waals surface area contributed by atoms with Crippen LogP contribution >= 0.6 is 0 Å². The Morgan fingerprint density at radius 3 is 2.50 bits per heavy atom. The van der Waals surface area contributed by atoms with Crippen molar-refractivity contribution in [2.24, 2.45) is 0 Å². The first-order chi connectivity index (χ1) is 6.45. The lowest BCUT2D eigenvalue weighted by atomic mass is 9.85. The van der Waals surface area contributed by atoms with Crippen molar-refractivity contribution >= 4 is 5.57 Å². The topological polar surface area (TPSA) is 20.2 Å². The zero-order chi connectivity index (χ0) is 10.8. The molecule has 0 heterocycles. The summed E-state index contributed by atoms with van der Waals surface area (Å²) in [6, 6.07) is 8.19. The smallest absolute Gasteiger partial charge is 0.0681 e. The molecule has 0 saturated carbocycles. The highest BCUT2D eigenvalue weighted by Gasteiger charge is 2.13. The molecule has 0 aromatic heterocycles. The fraction of sp³-hybridized carbons (Fsp3) is 0.385. The highest BCUT2D eigenvalue weighted by molar-refractivity contribution is 5.64. The highest BCUT2D eigenvalue weighted by atomic mass is 16.3. The summed E-state index contributed by atoms with van der Waals surface area (Å²) >= 11 is 0. The van der Waals surface area contributed by atoms with Gasteiger partial charge < -0.3 is 5.11 Å². The van der Waals surface area contributed by atoms with Gasteiger partial charge in [-0.05, 0) is 22.1 Å². The second-order valence-electron chi connectivity index (χ2n) is 4.59. The van der Waals surface area contributed by atoms with Crippen LogP contribution in [0.2, 0.25) is 0 Å². The largest absolute Gasteiger partial charge is 0.392 e. The van der Waals surface area contributed by atoms with E-state index in [1.54, 1.807) is 0 Å². The SMILES string of the molecule is C=C(CO)c1cccc(C(C)(C)C)c1. The molecule has 0 unspecified atom stereocenters. The van der Waals surface area contributed by atoms with E-state index < -0.39 is 0 Å². The van der Waals surface area contributed by atoms with Crippen molar-refractivity contribution < 1.29 is 5.11 Å². The Kier molecular flexibility index (Phi) is 3.12. The molecule has 0 saturated heterocycles. The molecule has 0 radical (unpaired) electrons. The van der Waals surface area contributed by atoms with Gasteiger partial charge in [0, 0.05) is 0 Å². The van der Waals surface area contributed by atoms with Gasteiger partial charge in [0.15, 0.2) is 0 Å². The van der Waals surface area contributed by atoms with E-state index in [-0.39, 0.29) is 12.0 Å². The van der Waals surface area contributed by atoms with Crippen molar-refractivity contribution in [3.63, 3.8) is 0 Å². The summed E-state index contributed by atoms with van der Waals surface area (Å²) in [5.74, 6) is 0. The lowest BCUT2D eigenvalue weighted by molar-refractivity contribution is 0.350. The molecule has 1 heteroatoms. The minimum Gasteiger partial charge on any atom is -0.392 e. The van der Waals surface area contributed by atoms with Gasteiger partial charge >= 0.3 is 0 Å². The van der Waals surface area contributed by atoms with Gasteiger partial charge in [-0.3, -0.25) is 0 Å². The average molecular weight is 190 g/mol. The monoisotopic (exact) mass is 190 g/mol. The Morgan fingerprint density at radius 2 is 2.00 bits per heavy atom. The maximum atomic E-state index is 8.98. The maximum absolute atomic E-state index is 8.98. The predicted molar refractivity (Wildman–Crippen MR) is 61.3 cm³/mol. The van der Waals surface area contributed by atoms with Gasteiger partial charge in [0.05, 0.1) is 6.61 Å². The molecule has 14 heavy (non-hydrogen) atoms. The first kappa shape index (κ1) is 11.0. The first-order valence-corrected chi connectivity index (χ1v) is 4.84. The Bertz CT molecular complexity index is 331. The van der Waals surface area contributed by atoms with E-state index in [1.165, 1.54) is 5.56 Å². The summed E-state index contributed by atoms with van der Waals surface area (Å²) in [6.45, 7) is 10.4. The molecule has 1 N–H and O–H groups in total. The summed E-state index contributed by atoms with van der Waals surface area (Å²) in [4.78, 5) is 0. The van der Waals surface area contributed by atoms with Crippen molar-refractivity contribution in [1.82, 2.24) is 0 Å². The molecule has 0 aliphatic carbocycles. The predicted octanol–water partition coefficient (Wildman–Crippen LogP) is 2.99. The number of aliphatic hydroxyl groups is 1. The average Bonchev–Trinajstić information content (AvgIpc) is 2.15. The van der Waals surface area contributed by atoms with Crippen LogP contribution < -0.4 is 0 Å². The van der Waals surface area contributed by atoms with Crippen LogP contribution in [0.5, 0.6) is 0 Å². The third kappa shape index (κ3) is 2.46. The van der Waals surface area contributed by atoms with Gasteiger partial charge in [-0.25, -0.2) is 0 Å². The van der Waals surface area contributed by atoms with Gasteiger partial charge in [0.2, 0.25) is 0 Å². The van der Waals surface area contributed by atoms with E-state index >= 15 is 0 Å². The zero-order valence-corrected chi connectivity index (χ0v) is 9.17. The molecular formula is C13H18O. The first-order valence-electron chi connectivity index (χ1n) is 4.84. The van der Waals surface area contributed by atoms with Crippen LogP contribution in [0.25, 0.3) is 5.57 Å². The summed E-state index contributed by atoms with van der Waals surface area (Å²) in [5.41, 5.74) is 3.21. The van der Waals surface area contributed by atoms with Crippen LogP contribution in [0, 0.1) is 0 Å². The molecule has 0 atom stereocenters. The molecule has 0 aliphatic rings. The van der Waals surface area contributed by atoms with Crippen molar-refractivity contribution in [3.8, 4) is 0 Å².